The molecule has 0 aromatic heterocycles. The Labute approximate surface area is 96.9 Å². The zero-order valence-electron chi connectivity index (χ0n) is 7.97. The van der Waals surface area contributed by atoms with Crippen LogP contribution in [0.2, 0.25) is 5.02 Å². The molecular weight excluding hydrogens is 242 g/mol. The van der Waals surface area contributed by atoms with Gasteiger partial charge in [0.25, 0.3) is 0 Å². The van der Waals surface area contributed by atoms with E-state index in [2.05, 4.69) is 4.74 Å². The first-order chi connectivity index (χ1) is 7.04. The highest BCUT2D eigenvalue weighted by molar-refractivity contribution is 6.31. The molecule has 1 aromatic carbocycles. The van der Waals surface area contributed by atoms with Gasteiger partial charge in [0.05, 0.1) is 7.11 Å². The molecule has 0 bridgehead atoms. The molecule has 1 rings (SSSR count). The zero-order chi connectivity index (χ0) is 11.4. The van der Waals surface area contributed by atoms with Crippen molar-refractivity contribution in [2.24, 2.45) is 0 Å². The Bertz CT molecular complexity index is 368. The molecule has 0 spiro atoms. The van der Waals surface area contributed by atoms with Crippen LogP contribution in [0.25, 0.3) is 0 Å². The first kappa shape index (κ1) is 12.3. The van der Waals surface area contributed by atoms with E-state index in [4.69, 9.17) is 23.2 Å². The van der Waals surface area contributed by atoms with E-state index in [1.165, 1.54) is 25.3 Å². The molecule has 0 fully saturated rings. The molecule has 0 aliphatic heterocycles. The molecule has 82 valence electrons. The predicted octanol–water partition coefficient (Wildman–Crippen LogP) is 2.80. The van der Waals surface area contributed by atoms with E-state index in [0.717, 1.165) is 0 Å². The summed E-state index contributed by atoms with van der Waals surface area (Å²) in [6.07, 6.45) is 0.0562. The van der Waals surface area contributed by atoms with Crippen LogP contribution < -0.4 is 0 Å². The first-order valence-electron chi connectivity index (χ1n) is 4.20. The van der Waals surface area contributed by atoms with Crippen LogP contribution in [0.3, 0.4) is 0 Å². The van der Waals surface area contributed by atoms with E-state index in [0.29, 0.717) is 10.6 Å². The standard InChI is InChI=1S/C10H9Cl2FO2/c1-15-10(14)8(12)5-6-4-7(11)2-3-9(6)13/h2-4,8H,5H2,1H3. The third-order valence-electron chi connectivity index (χ3n) is 1.86. The lowest BCUT2D eigenvalue weighted by Gasteiger charge is -2.08. The lowest BCUT2D eigenvalue weighted by molar-refractivity contribution is -0.140. The number of alkyl halides is 1. The summed E-state index contributed by atoms with van der Waals surface area (Å²) in [7, 11) is 1.23. The molecule has 0 heterocycles. The molecule has 15 heavy (non-hydrogen) atoms. The van der Waals surface area contributed by atoms with Gasteiger partial charge in [-0.2, -0.15) is 0 Å². The van der Waals surface area contributed by atoms with Gasteiger partial charge >= 0.3 is 5.97 Å². The van der Waals surface area contributed by atoms with Crippen LogP contribution in [0.15, 0.2) is 18.2 Å². The number of methoxy groups -OCH3 is 1. The molecule has 0 aliphatic rings. The summed E-state index contributed by atoms with van der Waals surface area (Å²) in [6, 6.07) is 4.11. The number of halogens is 3. The minimum atomic E-state index is -0.900. The van der Waals surface area contributed by atoms with Crippen LogP contribution in [0.1, 0.15) is 5.56 Å². The maximum absolute atomic E-state index is 13.2. The van der Waals surface area contributed by atoms with Crippen molar-refractivity contribution in [3.05, 3.63) is 34.6 Å². The molecule has 1 atom stereocenters. The minimum Gasteiger partial charge on any atom is -0.468 e. The predicted molar refractivity (Wildman–Crippen MR) is 56.8 cm³/mol. The number of carbonyl (C=O) groups is 1. The number of hydrogen-bond acceptors (Lipinski definition) is 2. The van der Waals surface area contributed by atoms with Crippen LogP contribution >= 0.6 is 23.2 Å². The quantitative estimate of drug-likeness (QED) is 0.609. The molecule has 0 amide bonds. The van der Waals surface area contributed by atoms with Crippen molar-refractivity contribution in [3.63, 3.8) is 0 Å². The van der Waals surface area contributed by atoms with Crippen LogP contribution in [0, 0.1) is 5.82 Å². The molecule has 1 aromatic rings. The van der Waals surface area contributed by atoms with Crippen molar-refractivity contribution in [1.82, 2.24) is 0 Å². The number of hydrogen-bond donors (Lipinski definition) is 0. The van der Waals surface area contributed by atoms with Crippen molar-refractivity contribution in [1.29, 1.82) is 0 Å². The minimum absolute atomic E-state index is 0.0562. The summed E-state index contributed by atoms with van der Waals surface area (Å²) in [5, 5.41) is -0.497. The van der Waals surface area contributed by atoms with Gasteiger partial charge in [-0.3, -0.25) is 4.79 Å². The number of ether oxygens (including phenoxy) is 1. The summed E-state index contributed by atoms with van der Waals surface area (Å²) in [4.78, 5) is 11.0. The highest BCUT2D eigenvalue weighted by atomic mass is 35.5. The second-order valence-corrected chi connectivity index (χ2v) is 3.89. The third-order valence-corrected chi connectivity index (χ3v) is 2.43. The highest BCUT2D eigenvalue weighted by Crippen LogP contribution is 2.18. The van der Waals surface area contributed by atoms with Gasteiger partial charge in [-0.15, -0.1) is 11.6 Å². The van der Waals surface area contributed by atoms with Crippen molar-refractivity contribution < 1.29 is 13.9 Å². The molecule has 0 saturated heterocycles. The molecule has 0 N–H and O–H groups in total. The van der Waals surface area contributed by atoms with E-state index in [1.54, 1.807) is 0 Å². The van der Waals surface area contributed by atoms with Gasteiger partial charge < -0.3 is 4.74 Å². The Morgan fingerprint density at radius 1 is 1.60 bits per heavy atom. The molecule has 0 saturated carbocycles. The van der Waals surface area contributed by atoms with Gasteiger partial charge in [-0.05, 0) is 23.8 Å². The fourth-order valence-electron chi connectivity index (χ4n) is 1.10. The summed E-state index contributed by atoms with van der Waals surface area (Å²) in [6.45, 7) is 0. The van der Waals surface area contributed by atoms with Crippen molar-refractivity contribution >= 4 is 29.2 Å². The first-order valence-corrected chi connectivity index (χ1v) is 5.02. The molecule has 0 radical (unpaired) electrons. The summed E-state index contributed by atoms with van der Waals surface area (Å²) < 4.78 is 17.7. The van der Waals surface area contributed by atoms with Crippen LogP contribution in [-0.4, -0.2) is 18.5 Å². The molecule has 1 unspecified atom stereocenters. The SMILES string of the molecule is COC(=O)C(Cl)Cc1cc(Cl)ccc1F. The maximum atomic E-state index is 13.2. The summed E-state index contributed by atoms with van der Waals surface area (Å²) in [5.74, 6) is -1.02. The Balaban J connectivity index is 2.80. The smallest absolute Gasteiger partial charge is 0.324 e. The fourth-order valence-corrected chi connectivity index (χ4v) is 1.55. The average molecular weight is 251 g/mol. The summed E-state index contributed by atoms with van der Waals surface area (Å²) >= 11 is 11.4. The van der Waals surface area contributed by atoms with E-state index in [9.17, 15) is 9.18 Å². The average Bonchev–Trinajstić information content (AvgIpc) is 2.22. The number of benzene rings is 1. The van der Waals surface area contributed by atoms with Crippen molar-refractivity contribution in [2.75, 3.05) is 7.11 Å². The second kappa shape index (κ2) is 5.33. The van der Waals surface area contributed by atoms with Gasteiger partial charge in [0, 0.05) is 11.4 Å². The monoisotopic (exact) mass is 250 g/mol. The third kappa shape index (κ3) is 3.36. The zero-order valence-corrected chi connectivity index (χ0v) is 9.48. The van der Waals surface area contributed by atoms with Crippen molar-refractivity contribution in [2.45, 2.75) is 11.8 Å². The Hall–Kier alpha value is -0.800. The van der Waals surface area contributed by atoms with Crippen LogP contribution in [-0.2, 0) is 16.0 Å². The van der Waals surface area contributed by atoms with Crippen molar-refractivity contribution in [3.8, 4) is 0 Å². The maximum Gasteiger partial charge on any atom is 0.324 e. The second-order valence-electron chi connectivity index (χ2n) is 2.93. The van der Waals surface area contributed by atoms with E-state index in [-0.39, 0.29) is 6.42 Å². The summed E-state index contributed by atoms with van der Waals surface area (Å²) in [5.41, 5.74) is 0.299. The number of esters is 1. The van der Waals surface area contributed by atoms with Crippen LogP contribution in [0.4, 0.5) is 4.39 Å². The Morgan fingerprint density at radius 2 is 2.27 bits per heavy atom. The topological polar surface area (TPSA) is 26.3 Å². The number of rotatable bonds is 3. The van der Waals surface area contributed by atoms with Gasteiger partial charge in [0.15, 0.2) is 0 Å². The fraction of sp³-hybridized carbons (Fsp3) is 0.300. The lowest BCUT2D eigenvalue weighted by Crippen LogP contribution is -2.19. The van der Waals surface area contributed by atoms with E-state index < -0.39 is 17.2 Å². The lowest BCUT2D eigenvalue weighted by atomic mass is 10.1. The van der Waals surface area contributed by atoms with Gasteiger partial charge in [-0.1, -0.05) is 11.6 Å². The Kier molecular flexibility index (Phi) is 4.36. The molecular formula is C10H9Cl2FO2. The Morgan fingerprint density at radius 3 is 2.87 bits per heavy atom. The van der Waals surface area contributed by atoms with E-state index in [1.807, 2.05) is 0 Å². The van der Waals surface area contributed by atoms with E-state index >= 15 is 0 Å². The largest absolute Gasteiger partial charge is 0.468 e. The van der Waals surface area contributed by atoms with Gasteiger partial charge in [0.1, 0.15) is 11.2 Å². The number of carbonyl (C=O) groups excluding carboxylic acids is 1. The van der Waals surface area contributed by atoms with Gasteiger partial charge in [-0.25, -0.2) is 4.39 Å². The van der Waals surface area contributed by atoms with Crippen LogP contribution in [0.5, 0.6) is 0 Å². The molecule has 0 aliphatic carbocycles. The van der Waals surface area contributed by atoms with Gasteiger partial charge in [0.2, 0.25) is 0 Å². The normalized spacial score (nSPS) is 12.3. The molecule has 5 heteroatoms. The highest BCUT2D eigenvalue weighted by Gasteiger charge is 2.18. The molecule has 2 nitrogen and oxygen atoms in total.